The lowest BCUT2D eigenvalue weighted by molar-refractivity contribution is 0.0892. The van der Waals surface area contributed by atoms with Crippen molar-refractivity contribution in [3.8, 4) is 0 Å². The van der Waals surface area contributed by atoms with Gasteiger partial charge in [0.05, 0.1) is 11.4 Å². The van der Waals surface area contributed by atoms with Crippen molar-refractivity contribution in [2.24, 2.45) is 0 Å². The van der Waals surface area contributed by atoms with Gasteiger partial charge in [0.15, 0.2) is 5.69 Å². The van der Waals surface area contributed by atoms with E-state index in [4.69, 9.17) is 5.73 Å². The summed E-state index contributed by atoms with van der Waals surface area (Å²) in [7, 11) is 0. The highest BCUT2D eigenvalue weighted by molar-refractivity contribution is 5.97. The van der Waals surface area contributed by atoms with E-state index in [0.29, 0.717) is 17.4 Å². The summed E-state index contributed by atoms with van der Waals surface area (Å²) in [4.78, 5) is 14.9. The second kappa shape index (κ2) is 5.67. The van der Waals surface area contributed by atoms with E-state index in [1.807, 2.05) is 13.8 Å². The standard InChI is InChI=1S/C15H25N5O/c1-9(2)13-12(16)14(19-18-13)15(21)17-10-5-7-20-6-3-4-11(20)8-10/h9-11H,3-8,16H2,1-2H3,(H,17,21)(H,18,19). The van der Waals surface area contributed by atoms with Crippen molar-refractivity contribution in [2.75, 3.05) is 18.8 Å². The summed E-state index contributed by atoms with van der Waals surface area (Å²) in [6.45, 7) is 6.36. The molecular formula is C15H25N5O. The van der Waals surface area contributed by atoms with Gasteiger partial charge in [0, 0.05) is 18.6 Å². The molecule has 6 nitrogen and oxygen atoms in total. The number of aromatic amines is 1. The number of hydrogen-bond donors (Lipinski definition) is 3. The molecule has 4 N–H and O–H groups in total. The topological polar surface area (TPSA) is 87.0 Å². The first-order valence-electron chi connectivity index (χ1n) is 7.95. The Morgan fingerprint density at radius 2 is 2.24 bits per heavy atom. The van der Waals surface area contributed by atoms with Crippen molar-refractivity contribution in [3.63, 3.8) is 0 Å². The molecule has 0 saturated carbocycles. The van der Waals surface area contributed by atoms with Gasteiger partial charge in [-0.2, -0.15) is 5.10 Å². The number of H-pyrrole nitrogens is 1. The highest BCUT2D eigenvalue weighted by Gasteiger charge is 2.33. The van der Waals surface area contributed by atoms with Gasteiger partial charge >= 0.3 is 0 Å². The predicted molar refractivity (Wildman–Crippen MR) is 82.2 cm³/mol. The zero-order valence-electron chi connectivity index (χ0n) is 12.9. The maximum atomic E-state index is 12.4. The van der Waals surface area contributed by atoms with Crippen LogP contribution in [0, 0.1) is 0 Å². The summed E-state index contributed by atoms with van der Waals surface area (Å²) in [6.07, 6.45) is 4.61. The van der Waals surface area contributed by atoms with E-state index in [1.54, 1.807) is 0 Å². The van der Waals surface area contributed by atoms with Crippen LogP contribution in [0.3, 0.4) is 0 Å². The summed E-state index contributed by atoms with van der Waals surface area (Å²) < 4.78 is 0. The molecule has 0 bridgehead atoms. The number of carbonyl (C=O) groups is 1. The van der Waals surface area contributed by atoms with Crippen molar-refractivity contribution in [2.45, 2.75) is 57.5 Å². The van der Waals surface area contributed by atoms with Gasteiger partial charge in [-0.15, -0.1) is 0 Å². The molecule has 2 atom stereocenters. The van der Waals surface area contributed by atoms with E-state index < -0.39 is 0 Å². The van der Waals surface area contributed by atoms with E-state index >= 15 is 0 Å². The molecule has 0 radical (unpaired) electrons. The average Bonchev–Trinajstić information content (AvgIpc) is 3.04. The average molecular weight is 291 g/mol. The molecule has 6 heteroatoms. The van der Waals surface area contributed by atoms with E-state index in [0.717, 1.165) is 25.1 Å². The maximum absolute atomic E-state index is 12.4. The molecule has 1 aromatic rings. The lowest BCUT2D eigenvalue weighted by Gasteiger charge is -2.35. The Hall–Kier alpha value is -1.56. The molecule has 2 aliphatic rings. The van der Waals surface area contributed by atoms with Crippen LogP contribution in [0.15, 0.2) is 0 Å². The smallest absolute Gasteiger partial charge is 0.274 e. The van der Waals surface area contributed by atoms with Crippen LogP contribution in [-0.2, 0) is 0 Å². The lowest BCUT2D eigenvalue weighted by atomic mass is 9.97. The number of anilines is 1. The quantitative estimate of drug-likeness (QED) is 0.787. The molecule has 116 valence electrons. The maximum Gasteiger partial charge on any atom is 0.274 e. The van der Waals surface area contributed by atoms with Crippen LogP contribution >= 0.6 is 0 Å². The molecule has 2 fully saturated rings. The fraction of sp³-hybridized carbons (Fsp3) is 0.733. The summed E-state index contributed by atoms with van der Waals surface area (Å²) in [5.74, 6) is 0.0906. The van der Waals surface area contributed by atoms with Crippen LogP contribution in [0.2, 0.25) is 0 Å². The molecule has 2 unspecified atom stereocenters. The molecule has 1 amide bonds. The third-order valence-corrected chi connectivity index (χ3v) is 4.78. The van der Waals surface area contributed by atoms with Crippen LogP contribution in [0.4, 0.5) is 5.69 Å². The molecular weight excluding hydrogens is 266 g/mol. The zero-order valence-corrected chi connectivity index (χ0v) is 12.9. The molecule has 2 aliphatic heterocycles. The number of rotatable bonds is 3. The van der Waals surface area contributed by atoms with Crippen molar-refractivity contribution >= 4 is 11.6 Å². The minimum atomic E-state index is -0.146. The number of nitrogens with one attached hydrogen (secondary N) is 2. The molecule has 3 heterocycles. The van der Waals surface area contributed by atoms with E-state index in [1.165, 1.54) is 19.4 Å². The Labute approximate surface area is 125 Å². The van der Waals surface area contributed by atoms with Crippen LogP contribution in [0.1, 0.15) is 61.6 Å². The second-order valence-electron chi connectivity index (χ2n) is 6.58. The number of fused-ring (bicyclic) bond motifs is 1. The van der Waals surface area contributed by atoms with Crippen LogP contribution in [0.5, 0.6) is 0 Å². The van der Waals surface area contributed by atoms with Gasteiger partial charge < -0.3 is 16.0 Å². The van der Waals surface area contributed by atoms with Gasteiger partial charge in [-0.3, -0.25) is 9.89 Å². The van der Waals surface area contributed by atoms with E-state index in [-0.39, 0.29) is 17.9 Å². The minimum absolute atomic E-state index is 0.146. The first kappa shape index (κ1) is 14.4. The Morgan fingerprint density at radius 3 is 2.95 bits per heavy atom. The van der Waals surface area contributed by atoms with E-state index in [2.05, 4.69) is 20.4 Å². The van der Waals surface area contributed by atoms with Crippen LogP contribution < -0.4 is 11.1 Å². The fourth-order valence-electron chi connectivity index (χ4n) is 3.59. The van der Waals surface area contributed by atoms with Gasteiger partial charge in [-0.1, -0.05) is 13.8 Å². The SMILES string of the molecule is CC(C)c1[nH]nc(C(=O)NC2CCN3CCCC3C2)c1N. The molecule has 0 aliphatic carbocycles. The third kappa shape index (κ3) is 2.77. The number of nitrogens with zero attached hydrogens (tertiary/aromatic N) is 2. The third-order valence-electron chi connectivity index (χ3n) is 4.78. The number of nitrogens with two attached hydrogens (primary N) is 1. The van der Waals surface area contributed by atoms with Gasteiger partial charge in [-0.25, -0.2) is 0 Å². The predicted octanol–water partition coefficient (Wildman–Crippen LogP) is 1.47. The normalized spacial score (nSPS) is 26.0. The second-order valence-corrected chi connectivity index (χ2v) is 6.58. The summed E-state index contributed by atoms with van der Waals surface area (Å²) in [5, 5.41) is 10.1. The van der Waals surface area contributed by atoms with Crippen LogP contribution in [0.25, 0.3) is 0 Å². The lowest BCUT2D eigenvalue weighted by Crippen LogP contribution is -2.47. The molecule has 21 heavy (non-hydrogen) atoms. The number of carbonyl (C=O) groups excluding carboxylic acids is 1. The monoisotopic (exact) mass is 291 g/mol. The molecule has 1 aromatic heterocycles. The summed E-state index contributed by atoms with van der Waals surface area (Å²) in [5.41, 5.74) is 7.70. The van der Waals surface area contributed by atoms with Crippen molar-refractivity contribution in [1.82, 2.24) is 20.4 Å². The largest absolute Gasteiger partial charge is 0.395 e. The fourth-order valence-corrected chi connectivity index (χ4v) is 3.59. The highest BCUT2D eigenvalue weighted by Crippen LogP contribution is 2.27. The van der Waals surface area contributed by atoms with Gasteiger partial charge in [0.25, 0.3) is 5.91 Å². The first-order valence-corrected chi connectivity index (χ1v) is 7.95. The Bertz CT molecular complexity index is 524. The molecule has 2 saturated heterocycles. The van der Waals surface area contributed by atoms with Gasteiger partial charge in [0.1, 0.15) is 0 Å². The molecule has 0 spiro atoms. The minimum Gasteiger partial charge on any atom is -0.395 e. The Kier molecular flexibility index (Phi) is 3.89. The van der Waals surface area contributed by atoms with Gasteiger partial charge in [-0.05, 0) is 38.1 Å². The number of hydrogen-bond acceptors (Lipinski definition) is 4. The molecule has 0 aromatic carbocycles. The number of piperidine rings is 1. The van der Waals surface area contributed by atoms with Crippen molar-refractivity contribution in [3.05, 3.63) is 11.4 Å². The summed E-state index contributed by atoms with van der Waals surface area (Å²) >= 11 is 0. The highest BCUT2D eigenvalue weighted by atomic mass is 16.2. The van der Waals surface area contributed by atoms with Crippen molar-refractivity contribution in [1.29, 1.82) is 0 Å². The summed E-state index contributed by atoms with van der Waals surface area (Å²) in [6, 6.07) is 0.891. The number of aromatic nitrogens is 2. The number of amides is 1. The number of nitrogen functional groups attached to an aromatic ring is 1. The molecule has 3 rings (SSSR count). The Balaban J connectivity index is 1.64. The van der Waals surface area contributed by atoms with Crippen LogP contribution in [-0.4, -0.2) is 46.2 Å². The van der Waals surface area contributed by atoms with Crippen molar-refractivity contribution < 1.29 is 4.79 Å². The first-order chi connectivity index (χ1) is 10.1. The zero-order chi connectivity index (χ0) is 15.0. The van der Waals surface area contributed by atoms with E-state index in [9.17, 15) is 4.79 Å². The Morgan fingerprint density at radius 1 is 1.43 bits per heavy atom. The van der Waals surface area contributed by atoms with Gasteiger partial charge in [0.2, 0.25) is 0 Å².